The van der Waals surface area contributed by atoms with Crippen molar-refractivity contribution in [1.82, 2.24) is 24.9 Å². The number of hydrogen-bond donors (Lipinski definition) is 0. The second kappa shape index (κ2) is 12.6. The predicted octanol–water partition coefficient (Wildman–Crippen LogP) is 5.12. The number of amides is 1. The summed E-state index contributed by atoms with van der Waals surface area (Å²) in [5, 5.41) is 8.11. The van der Waals surface area contributed by atoms with E-state index in [4.69, 9.17) is 9.47 Å². The van der Waals surface area contributed by atoms with Gasteiger partial charge in [-0.15, -0.1) is 5.10 Å². The molecule has 220 valence electrons. The number of rotatable bonds is 9. The highest BCUT2D eigenvalue weighted by molar-refractivity contribution is 5.77. The van der Waals surface area contributed by atoms with E-state index in [1.807, 2.05) is 0 Å². The molecule has 0 N–H and O–H groups in total. The molecule has 0 aliphatic heterocycles. The quantitative estimate of drug-likeness (QED) is 0.389. The monoisotopic (exact) mass is 565 g/mol. The normalized spacial score (nSPS) is 20.1. The fourth-order valence-corrected chi connectivity index (χ4v) is 5.63. The second-order valence-electron chi connectivity index (χ2n) is 11.1. The van der Waals surface area contributed by atoms with Crippen LogP contribution in [-0.2, 0) is 34.0 Å². The van der Waals surface area contributed by atoms with Gasteiger partial charge < -0.3 is 14.4 Å². The van der Waals surface area contributed by atoms with Gasteiger partial charge in [-0.25, -0.2) is 9.67 Å². The molecule has 2 aliphatic rings. The van der Waals surface area contributed by atoms with Crippen LogP contribution in [-0.4, -0.2) is 62.1 Å². The smallest absolute Gasteiger partial charge is 0.437 e. The fourth-order valence-electron chi connectivity index (χ4n) is 5.63. The molecule has 2 atom stereocenters. The highest BCUT2D eigenvalue weighted by Gasteiger charge is 2.39. The maximum atomic E-state index is 14.2. The topological polar surface area (TPSA) is 99.4 Å². The van der Waals surface area contributed by atoms with Crippen LogP contribution in [0, 0.1) is 5.92 Å². The zero-order valence-electron chi connectivity index (χ0n) is 23.5. The van der Waals surface area contributed by atoms with Gasteiger partial charge in [0.2, 0.25) is 5.91 Å². The molecule has 2 heterocycles. The summed E-state index contributed by atoms with van der Waals surface area (Å²) in [6.45, 7) is 3.51. The number of halogens is 3. The van der Waals surface area contributed by atoms with E-state index in [9.17, 15) is 22.8 Å². The van der Waals surface area contributed by atoms with Gasteiger partial charge in [-0.1, -0.05) is 18.1 Å². The molecule has 1 amide bonds. The lowest BCUT2D eigenvalue weighted by Crippen LogP contribution is -2.35. The Morgan fingerprint density at radius 3 is 2.52 bits per heavy atom. The maximum absolute atomic E-state index is 14.2. The van der Waals surface area contributed by atoms with Gasteiger partial charge in [0.05, 0.1) is 29.5 Å². The van der Waals surface area contributed by atoms with Crippen LogP contribution in [0.15, 0.2) is 12.1 Å². The second-order valence-corrected chi connectivity index (χ2v) is 11.1. The average molecular weight is 566 g/mol. The molecular formula is C28H38F3N5O4. The van der Waals surface area contributed by atoms with E-state index in [-0.39, 0.29) is 54.7 Å². The summed E-state index contributed by atoms with van der Waals surface area (Å²) in [6.07, 6.45) is 1.06. The van der Waals surface area contributed by atoms with E-state index in [0.29, 0.717) is 30.7 Å². The molecule has 2 aromatic rings. The van der Waals surface area contributed by atoms with Crippen molar-refractivity contribution in [3.05, 3.63) is 23.5 Å². The van der Waals surface area contributed by atoms with Crippen molar-refractivity contribution < 1.29 is 32.2 Å². The Hall–Kier alpha value is -3.18. The van der Waals surface area contributed by atoms with Crippen LogP contribution in [0.3, 0.4) is 0 Å². The van der Waals surface area contributed by atoms with E-state index < -0.39 is 23.9 Å². The first kappa shape index (κ1) is 29.8. The molecule has 0 aromatic carbocycles. The summed E-state index contributed by atoms with van der Waals surface area (Å²) in [5.41, 5.74) is -0.381. The van der Waals surface area contributed by atoms with Crippen molar-refractivity contribution in [3.63, 3.8) is 0 Å². The van der Waals surface area contributed by atoms with Crippen molar-refractivity contribution in [2.24, 2.45) is 13.0 Å². The van der Waals surface area contributed by atoms with Gasteiger partial charge in [0.25, 0.3) is 0 Å². The number of alkyl halides is 3. The number of hydrogen-bond acceptors (Lipinski definition) is 7. The van der Waals surface area contributed by atoms with Gasteiger partial charge in [-0.3, -0.25) is 9.59 Å². The third-order valence-electron chi connectivity index (χ3n) is 7.71. The van der Waals surface area contributed by atoms with E-state index in [1.165, 1.54) is 16.8 Å². The first-order valence-electron chi connectivity index (χ1n) is 14.0. The lowest BCUT2D eigenvalue weighted by atomic mass is 9.87. The van der Waals surface area contributed by atoms with E-state index in [0.717, 1.165) is 25.7 Å². The van der Waals surface area contributed by atoms with Gasteiger partial charge in [-0.05, 0) is 64.5 Å². The summed E-state index contributed by atoms with van der Waals surface area (Å²) in [5.74, 6) is -1.18. The molecule has 0 bridgehead atoms. The Morgan fingerprint density at radius 1 is 1.12 bits per heavy atom. The van der Waals surface area contributed by atoms with Crippen molar-refractivity contribution >= 4 is 11.9 Å². The molecule has 2 aromatic heterocycles. The molecule has 0 saturated heterocycles. The Labute approximate surface area is 232 Å². The Bertz CT molecular complexity index is 1190. The minimum atomic E-state index is -4.78. The summed E-state index contributed by atoms with van der Waals surface area (Å²) in [6, 6.07) is 2.95. The van der Waals surface area contributed by atoms with E-state index in [2.05, 4.69) is 15.3 Å². The number of aryl methyl sites for hydroxylation is 2. The van der Waals surface area contributed by atoms with Crippen LogP contribution < -0.4 is 4.74 Å². The Balaban J connectivity index is 1.51. The molecule has 4 rings (SSSR count). The van der Waals surface area contributed by atoms with Crippen LogP contribution in [0.5, 0.6) is 5.75 Å². The van der Waals surface area contributed by atoms with Crippen LogP contribution in [0.1, 0.15) is 83.0 Å². The van der Waals surface area contributed by atoms with Crippen molar-refractivity contribution in [1.29, 1.82) is 0 Å². The molecule has 12 heteroatoms. The number of carbonyl (C=O) groups excluding carboxylic acids is 2. The van der Waals surface area contributed by atoms with Gasteiger partial charge >= 0.3 is 12.1 Å². The zero-order valence-corrected chi connectivity index (χ0v) is 23.5. The minimum Gasteiger partial charge on any atom is -0.488 e. The van der Waals surface area contributed by atoms with Crippen LogP contribution in [0.2, 0.25) is 0 Å². The fraction of sp³-hybridized carbons (Fsp3) is 0.679. The first-order valence-corrected chi connectivity index (χ1v) is 14.0. The zero-order chi connectivity index (χ0) is 29.0. The Kier molecular flexibility index (Phi) is 9.35. The standard InChI is InChI=1S/C28H38F3N5O4/c1-17(2)39-27(38)18-8-7-11-20(16-18)40-23-14-12-21(32-26(23)28(29,30)31)25-22(33-34-36(25)4)13-15-24(37)35(3)19-9-5-6-10-19/h12,14,17-20H,5-11,13,15-16H2,1-4H3/t18-,20-/m0/s1. The van der Waals surface area contributed by atoms with E-state index >= 15 is 0 Å². The van der Waals surface area contributed by atoms with Crippen molar-refractivity contribution in [3.8, 4) is 17.1 Å². The minimum absolute atomic E-state index is 0.0285. The van der Waals surface area contributed by atoms with Gasteiger partial charge in [0.15, 0.2) is 11.4 Å². The molecule has 0 unspecified atom stereocenters. The van der Waals surface area contributed by atoms with Crippen LogP contribution >= 0.6 is 0 Å². The largest absolute Gasteiger partial charge is 0.488 e. The SMILES string of the molecule is CC(C)OC(=O)[C@H]1CCC[C@H](Oc2ccc(-c3c(CCC(=O)N(C)C4CCCC4)nnn3C)nc2C(F)(F)F)C1. The van der Waals surface area contributed by atoms with E-state index in [1.54, 1.807) is 32.8 Å². The molecular weight excluding hydrogens is 527 g/mol. The lowest BCUT2D eigenvalue weighted by molar-refractivity contribution is -0.155. The number of esters is 1. The van der Waals surface area contributed by atoms with Crippen molar-refractivity contribution in [2.45, 2.75) is 102 Å². The molecule has 2 aliphatic carbocycles. The van der Waals surface area contributed by atoms with Gasteiger partial charge in [-0.2, -0.15) is 13.2 Å². The number of aromatic nitrogens is 4. The highest BCUT2D eigenvalue weighted by Crippen LogP contribution is 2.39. The highest BCUT2D eigenvalue weighted by atomic mass is 19.4. The van der Waals surface area contributed by atoms with Gasteiger partial charge in [0.1, 0.15) is 5.69 Å². The summed E-state index contributed by atoms with van der Waals surface area (Å²) in [7, 11) is 3.38. The maximum Gasteiger partial charge on any atom is 0.437 e. The molecule has 0 spiro atoms. The lowest BCUT2D eigenvalue weighted by Gasteiger charge is -2.29. The van der Waals surface area contributed by atoms with Crippen molar-refractivity contribution in [2.75, 3.05) is 7.05 Å². The third kappa shape index (κ3) is 7.11. The average Bonchev–Trinajstić information content (AvgIpc) is 3.56. The summed E-state index contributed by atoms with van der Waals surface area (Å²) < 4.78 is 54.9. The third-order valence-corrected chi connectivity index (χ3v) is 7.71. The number of nitrogens with zero attached hydrogens (tertiary/aromatic N) is 5. The summed E-state index contributed by atoms with van der Waals surface area (Å²) >= 11 is 0. The summed E-state index contributed by atoms with van der Waals surface area (Å²) in [4.78, 5) is 30.8. The van der Waals surface area contributed by atoms with Crippen LogP contribution in [0.4, 0.5) is 13.2 Å². The number of carbonyl (C=O) groups is 2. The molecule has 0 radical (unpaired) electrons. The van der Waals surface area contributed by atoms with Gasteiger partial charge in [0, 0.05) is 33.0 Å². The predicted molar refractivity (Wildman–Crippen MR) is 140 cm³/mol. The Morgan fingerprint density at radius 2 is 1.85 bits per heavy atom. The molecule has 40 heavy (non-hydrogen) atoms. The molecule has 2 saturated carbocycles. The molecule has 9 nitrogen and oxygen atoms in total. The number of pyridine rings is 1. The first-order chi connectivity index (χ1) is 18.9. The van der Waals surface area contributed by atoms with Crippen LogP contribution in [0.25, 0.3) is 11.4 Å². The molecule has 2 fully saturated rings. The number of ether oxygens (including phenoxy) is 2.